The smallest absolute Gasteiger partial charge is 0.317 e. The van der Waals surface area contributed by atoms with Crippen molar-refractivity contribution in [2.75, 3.05) is 25.4 Å². The molecule has 1 saturated heterocycles. The van der Waals surface area contributed by atoms with Gasteiger partial charge in [0.15, 0.2) is 0 Å². The van der Waals surface area contributed by atoms with E-state index in [1.165, 1.54) is 4.88 Å². The summed E-state index contributed by atoms with van der Waals surface area (Å²) in [5.74, 6) is -0.119. The first kappa shape index (κ1) is 16.2. The lowest BCUT2D eigenvalue weighted by molar-refractivity contribution is 0.207. The molecule has 0 radical (unpaired) electrons. The molecule has 118 valence electrons. The number of aryl methyl sites for hydroxylation is 1. The Morgan fingerprint density at radius 2 is 2.38 bits per heavy atom. The molecule has 21 heavy (non-hydrogen) atoms. The average molecular weight is 332 g/mol. The van der Waals surface area contributed by atoms with Gasteiger partial charge in [0.2, 0.25) is 10.0 Å². The zero-order chi connectivity index (χ0) is 15.5. The van der Waals surface area contributed by atoms with Gasteiger partial charge in [0.1, 0.15) is 0 Å². The van der Waals surface area contributed by atoms with Gasteiger partial charge in [0.05, 0.1) is 17.0 Å². The van der Waals surface area contributed by atoms with Gasteiger partial charge in [-0.05, 0) is 19.3 Å². The maximum absolute atomic E-state index is 12.0. The van der Waals surface area contributed by atoms with Crippen LogP contribution in [-0.4, -0.2) is 49.7 Å². The molecular formula is C12H20N4O3S2. The third-order valence-corrected chi connectivity index (χ3v) is 5.45. The van der Waals surface area contributed by atoms with E-state index >= 15 is 0 Å². The lowest BCUT2D eigenvalue weighted by atomic mass is 10.2. The van der Waals surface area contributed by atoms with Gasteiger partial charge in [0.25, 0.3) is 0 Å². The number of hydrogen-bond acceptors (Lipinski definition) is 5. The van der Waals surface area contributed by atoms with Gasteiger partial charge < -0.3 is 10.2 Å². The largest absolute Gasteiger partial charge is 0.338 e. The van der Waals surface area contributed by atoms with Crippen molar-refractivity contribution in [2.45, 2.75) is 19.8 Å². The number of likely N-dealkylation sites (tertiary alicyclic amines) is 1. The number of rotatable bonds is 5. The van der Waals surface area contributed by atoms with Crippen molar-refractivity contribution in [1.29, 1.82) is 0 Å². The Bertz CT molecular complexity index is 599. The zero-order valence-corrected chi connectivity index (χ0v) is 13.5. The first-order valence-electron chi connectivity index (χ1n) is 6.77. The van der Waals surface area contributed by atoms with Crippen LogP contribution >= 0.6 is 11.3 Å². The Labute approximate surface area is 128 Å². The molecule has 1 aliphatic rings. The van der Waals surface area contributed by atoms with E-state index in [9.17, 15) is 13.2 Å². The Morgan fingerprint density at radius 1 is 1.62 bits per heavy atom. The Balaban J connectivity index is 1.73. The maximum atomic E-state index is 12.0. The highest BCUT2D eigenvalue weighted by Gasteiger charge is 2.28. The number of sulfonamides is 1. The van der Waals surface area contributed by atoms with Crippen LogP contribution in [0.25, 0.3) is 0 Å². The number of carbonyl (C=O) groups is 1. The molecule has 2 heterocycles. The molecule has 0 aromatic carbocycles. The monoisotopic (exact) mass is 332 g/mol. The summed E-state index contributed by atoms with van der Waals surface area (Å²) in [7, 11) is -3.47. The number of urea groups is 1. The lowest BCUT2D eigenvalue weighted by Gasteiger charge is -2.17. The number of primary sulfonamides is 1. The van der Waals surface area contributed by atoms with E-state index in [-0.39, 0.29) is 17.7 Å². The standard InChI is InChI=1S/C12H20N4O3S2/c1-9-11(20-8-15-9)2-4-14-12(17)16-5-3-10(6-16)7-21(13,18)19/h8,10H,2-7H2,1H3,(H,14,17)(H2,13,18,19). The number of aromatic nitrogens is 1. The normalized spacial score (nSPS) is 19.0. The Hall–Kier alpha value is -1.19. The third-order valence-electron chi connectivity index (χ3n) is 3.51. The molecule has 9 heteroatoms. The molecule has 0 spiro atoms. The zero-order valence-electron chi connectivity index (χ0n) is 11.9. The molecule has 2 rings (SSSR count). The van der Waals surface area contributed by atoms with Crippen LogP contribution in [0, 0.1) is 12.8 Å². The highest BCUT2D eigenvalue weighted by molar-refractivity contribution is 7.89. The number of carbonyl (C=O) groups excluding carboxylic acids is 1. The van der Waals surface area contributed by atoms with Gasteiger partial charge in [-0.2, -0.15) is 0 Å². The van der Waals surface area contributed by atoms with E-state index in [2.05, 4.69) is 10.3 Å². The van der Waals surface area contributed by atoms with Gasteiger partial charge in [-0.3, -0.25) is 0 Å². The summed E-state index contributed by atoms with van der Waals surface area (Å²) < 4.78 is 22.1. The molecule has 0 bridgehead atoms. The van der Waals surface area contributed by atoms with Crippen LogP contribution in [0.1, 0.15) is 17.0 Å². The lowest BCUT2D eigenvalue weighted by Crippen LogP contribution is -2.39. The number of nitrogens with one attached hydrogen (secondary N) is 1. The number of nitrogens with two attached hydrogens (primary N) is 1. The van der Waals surface area contributed by atoms with E-state index in [0.717, 1.165) is 12.1 Å². The fourth-order valence-electron chi connectivity index (χ4n) is 2.44. The molecule has 2 amide bonds. The van der Waals surface area contributed by atoms with Crippen molar-refractivity contribution in [3.05, 3.63) is 16.1 Å². The minimum absolute atomic E-state index is 0.0587. The Morgan fingerprint density at radius 3 is 3.00 bits per heavy atom. The second-order valence-corrected chi connectivity index (χ2v) is 7.87. The molecule has 1 aromatic heterocycles. The molecule has 0 aliphatic carbocycles. The first-order chi connectivity index (χ1) is 9.85. The average Bonchev–Trinajstić information content (AvgIpc) is 2.97. The third kappa shape index (κ3) is 4.94. The van der Waals surface area contributed by atoms with E-state index in [1.807, 2.05) is 6.92 Å². The predicted octanol–water partition coefficient (Wildman–Crippen LogP) is 0.314. The van der Waals surface area contributed by atoms with Crippen molar-refractivity contribution < 1.29 is 13.2 Å². The maximum Gasteiger partial charge on any atom is 0.317 e. The molecule has 1 atom stereocenters. The predicted molar refractivity (Wildman–Crippen MR) is 81.6 cm³/mol. The van der Waals surface area contributed by atoms with Crippen LogP contribution in [0.2, 0.25) is 0 Å². The molecule has 7 nitrogen and oxygen atoms in total. The summed E-state index contributed by atoms with van der Waals surface area (Å²) in [5.41, 5.74) is 2.80. The second-order valence-electron chi connectivity index (χ2n) is 5.27. The summed E-state index contributed by atoms with van der Waals surface area (Å²) >= 11 is 1.58. The fourth-order valence-corrected chi connectivity index (χ4v) is 4.15. The van der Waals surface area contributed by atoms with E-state index in [0.29, 0.717) is 26.1 Å². The van der Waals surface area contributed by atoms with Crippen molar-refractivity contribution in [1.82, 2.24) is 15.2 Å². The molecule has 1 aromatic rings. The van der Waals surface area contributed by atoms with Gasteiger partial charge in [-0.1, -0.05) is 0 Å². The minimum atomic E-state index is -3.47. The van der Waals surface area contributed by atoms with Crippen molar-refractivity contribution in [2.24, 2.45) is 11.1 Å². The van der Waals surface area contributed by atoms with Crippen LogP contribution in [-0.2, 0) is 16.4 Å². The van der Waals surface area contributed by atoms with Crippen LogP contribution in [0.3, 0.4) is 0 Å². The molecule has 0 saturated carbocycles. The molecular weight excluding hydrogens is 312 g/mol. The van der Waals surface area contributed by atoms with Crippen molar-refractivity contribution in [3.63, 3.8) is 0 Å². The van der Waals surface area contributed by atoms with E-state index in [1.54, 1.807) is 21.7 Å². The first-order valence-corrected chi connectivity index (χ1v) is 9.37. The van der Waals surface area contributed by atoms with Crippen LogP contribution in [0.15, 0.2) is 5.51 Å². The number of thiazole rings is 1. The summed E-state index contributed by atoms with van der Waals surface area (Å²) in [5, 5.41) is 7.89. The van der Waals surface area contributed by atoms with E-state index < -0.39 is 10.0 Å². The van der Waals surface area contributed by atoms with Crippen molar-refractivity contribution >= 4 is 27.4 Å². The van der Waals surface area contributed by atoms with Gasteiger partial charge in [-0.25, -0.2) is 23.3 Å². The summed E-state index contributed by atoms with van der Waals surface area (Å²) in [4.78, 5) is 19.0. The summed E-state index contributed by atoms with van der Waals surface area (Å²) in [6.07, 6.45) is 1.44. The van der Waals surface area contributed by atoms with Gasteiger partial charge in [-0.15, -0.1) is 11.3 Å². The van der Waals surface area contributed by atoms with Crippen LogP contribution < -0.4 is 10.5 Å². The number of hydrogen-bond donors (Lipinski definition) is 2. The second kappa shape index (κ2) is 6.71. The van der Waals surface area contributed by atoms with Crippen LogP contribution in [0.4, 0.5) is 4.79 Å². The van der Waals surface area contributed by atoms with Gasteiger partial charge in [0, 0.05) is 30.9 Å². The van der Waals surface area contributed by atoms with Gasteiger partial charge >= 0.3 is 6.03 Å². The molecule has 3 N–H and O–H groups in total. The SMILES string of the molecule is Cc1ncsc1CCNC(=O)N1CCC(CS(N)(=O)=O)C1. The van der Waals surface area contributed by atoms with Crippen molar-refractivity contribution in [3.8, 4) is 0 Å². The highest BCUT2D eigenvalue weighted by atomic mass is 32.2. The number of amides is 2. The highest BCUT2D eigenvalue weighted by Crippen LogP contribution is 2.17. The van der Waals surface area contributed by atoms with E-state index in [4.69, 9.17) is 5.14 Å². The summed E-state index contributed by atoms with van der Waals surface area (Å²) in [6.45, 7) is 3.53. The molecule has 1 aliphatic heterocycles. The van der Waals surface area contributed by atoms with Crippen LogP contribution in [0.5, 0.6) is 0 Å². The minimum Gasteiger partial charge on any atom is -0.338 e. The summed E-state index contributed by atoms with van der Waals surface area (Å²) in [6, 6.07) is -0.144. The number of nitrogens with zero attached hydrogens (tertiary/aromatic N) is 2. The fraction of sp³-hybridized carbons (Fsp3) is 0.667. The Kier molecular flexibility index (Phi) is 5.17. The molecule has 1 unspecified atom stereocenters. The quantitative estimate of drug-likeness (QED) is 0.809. The molecule has 1 fully saturated rings. The topological polar surface area (TPSA) is 105 Å².